The number of carbonyl (C=O) groups excluding carboxylic acids is 1. The number of amides is 1. The number of carboxylic acids is 1. The van der Waals surface area contributed by atoms with E-state index < -0.39 is 11.9 Å². The average molecular weight is 437 g/mol. The van der Waals surface area contributed by atoms with Crippen LogP contribution < -0.4 is 4.90 Å². The summed E-state index contributed by atoms with van der Waals surface area (Å²) in [5.41, 5.74) is 3.36. The van der Waals surface area contributed by atoms with Crippen LogP contribution in [-0.2, 0) is 20.5 Å². The first kappa shape index (κ1) is 23.5. The Balaban J connectivity index is 2.16. The molecule has 32 heavy (non-hydrogen) atoms. The topological polar surface area (TPSA) is 79.2 Å². The fourth-order valence-corrected chi connectivity index (χ4v) is 4.23. The fourth-order valence-electron chi connectivity index (χ4n) is 4.23. The number of carbonyl (C=O) groups is 2. The number of fused-ring (bicyclic) bond motifs is 1. The molecule has 0 heterocycles. The Bertz CT molecular complexity index is 1040. The lowest BCUT2D eigenvalue weighted by atomic mass is 9.63. The second kappa shape index (κ2) is 9.15. The molecule has 6 nitrogen and oxygen atoms in total. The zero-order valence-electron chi connectivity index (χ0n) is 19.5. The monoisotopic (exact) mass is 436 g/mol. The summed E-state index contributed by atoms with van der Waals surface area (Å²) in [6.07, 6.45) is 3.98. The van der Waals surface area contributed by atoms with E-state index in [1.807, 2.05) is 19.1 Å². The third-order valence-electron chi connectivity index (χ3n) is 6.22. The van der Waals surface area contributed by atoms with Crippen molar-refractivity contribution in [3.63, 3.8) is 0 Å². The van der Waals surface area contributed by atoms with E-state index in [-0.39, 0.29) is 16.4 Å². The minimum absolute atomic E-state index is 0.0344. The van der Waals surface area contributed by atoms with Crippen molar-refractivity contribution < 1.29 is 19.5 Å². The molecular weight excluding hydrogens is 404 g/mol. The number of rotatable bonds is 7. The normalized spacial score (nSPS) is 16.4. The second-order valence-corrected chi connectivity index (χ2v) is 9.56. The molecule has 170 valence electrons. The maximum atomic E-state index is 13.2. The van der Waals surface area contributed by atoms with Gasteiger partial charge in [0.2, 0.25) is 0 Å². The van der Waals surface area contributed by atoms with Crippen molar-refractivity contribution in [2.75, 3.05) is 11.5 Å². The molecule has 0 aromatic heterocycles. The SMILES string of the molecule is CCCON=CC(=O)N(c1ccc2c(c1)C(C)(C)CCC2(C)C)c1ccccc1C(=O)O. The van der Waals surface area contributed by atoms with Crippen LogP contribution in [0.5, 0.6) is 0 Å². The van der Waals surface area contributed by atoms with Gasteiger partial charge in [0.15, 0.2) is 0 Å². The summed E-state index contributed by atoms with van der Waals surface area (Å²) >= 11 is 0. The van der Waals surface area contributed by atoms with Crippen molar-refractivity contribution >= 4 is 29.5 Å². The van der Waals surface area contributed by atoms with Gasteiger partial charge in [0.25, 0.3) is 5.91 Å². The Morgan fingerprint density at radius 3 is 2.38 bits per heavy atom. The number of anilines is 2. The van der Waals surface area contributed by atoms with Crippen LogP contribution in [0, 0.1) is 0 Å². The van der Waals surface area contributed by atoms with E-state index in [0.717, 1.165) is 25.5 Å². The molecule has 0 spiro atoms. The number of oxime groups is 1. The van der Waals surface area contributed by atoms with Crippen LogP contribution in [0.3, 0.4) is 0 Å². The first-order valence-electron chi connectivity index (χ1n) is 11.1. The van der Waals surface area contributed by atoms with Crippen molar-refractivity contribution in [2.24, 2.45) is 5.16 Å². The molecule has 3 rings (SSSR count). The molecule has 1 amide bonds. The standard InChI is InChI=1S/C26H32N2O4/c1-6-15-32-27-17-23(29)28(22-10-8-7-9-19(22)24(30)31)18-11-12-20-21(16-18)26(4,5)14-13-25(20,2)3/h7-12,16-17H,6,13-15H2,1-5H3,(H,30,31). The number of carboxylic acid groups (broad SMARTS) is 1. The summed E-state index contributed by atoms with van der Waals surface area (Å²) < 4.78 is 0. The van der Waals surface area contributed by atoms with Gasteiger partial charge in [0, 0.05) is 5.69 Å². The summed E-state index contributed by atoms with van der Waals surface area (Å²) in [5.74, 6) is -1.57. The Morgan fingerprint density at radius 1 is 1.06 bits per heavy atom. The van der Waals surface area contributed by atoms with Gasteiger partial charge in [-0.25, -0.2) is 4.79 Å². The molecule has 0 unspecified atom stereocenters. The van der Waals surface area contributed by atoms with Crippen molar-refractivity contribution in [1.29, 1.82) is 0 Å². The first-order chi connectivity index (χ1) is 15.1. The number of hydrogen-bond donors (Lipinski definition) is 1. The van der Waals surface area contributed by atoms with E-state index in [9.17, 15) is 14.7 Å². The lowest BCUT2D eigenvalue weighted by molar-refractivity contribution is -0.111. The molecule has 2 aromatic carbocycles. The van der Waals surface area contributed by atoms with Crippen LogP contribution >= 0.6 is 0 Å². The van der Waals surface area contributed by atoms with Gasteiger partial charge in [0.05, 0.1) is 11.3 Å². The maximum absolute atomic E-state index is 13.2. The minimum atomic E-state index is -1.10. The number of para-hydroxylation sites is 1. The number of aromatic carboxylic acids is 1. The van der Waals surface area contributed by atoms with Gasteiger partial charge in [-0.05, 0) is 65.5 Å². The summed E-state index contributed by atoms with van der Waals surface area (Å²) in [7, 11) is 0. The lowest BCUT2D eigenvalue weighted by Crippen LogP contribution is -2.35. The average Bonchev–Trinajstić information content (AvgIpc) is 2.75. The van der Waals surface area contributed by atoms with Gasteiger partial charge in [-0.15, -0.1) is 0 Å². The molecular formula is C26H32N2O4. The first-order valence-corrected chi connectivity index (χ1v) is 11.1. The van der Waals surface area contributed by atoms with Crippen LogP contribution in [0.1, 0.15) is 75.4 Å². The van der Waals surface area contributed by atoms with Crippen molar-refractivity contribution in [3.05, 3.63) is 59.2 Å². The molecule has 6 heteroatoms. The highest BCUT2D eigenvalue weighted by Gasteiger charge is 2.37. The number of benzene rings is 2. The molecule has 1 aliphatic rings. The third-order valence-corrected chi connectivity index (χ3v) is 6.22. The van der Waals surface area contributed by atoms with Crippen LogP contribution in [0.2, 0.25) is 0 Å². The molecule has 0 radical (unpaired) electrons. The van der Waals surface area contributed by atoms with Gasteiger partial charge >= 0.3 is 5.97 Å². The fraction of sp³-hybridized carbons (Fsp3) is 0.423. The van der Waals surface area contributed by atoms with Crippen LogP contribution in [-0.4, -0.2) is 29.8 Å². The van der Waals surface area contributed by atoms with Gasteiger partial charge < -0.3 is 9.94 Å². The lowest BCUT2D eigenvalue weighted by Gasteiger charge is -2.42. The van der Waals surface area contributed by atoms with Gasteiger partial charge in [-0.2, -0.15) is 0 Å². The summed E-state index contributed by atoms with van der Waals surface area (Å²) in [6, 6.07) is 12.5. The molecule has 1 N–H and O–H groups in total. The predicted octanol–water partition coefficient (Wildman–Crippen LogP) is 5.81. The van der Waals surface area contributed by atoms with E-state index in [4.69, 9.17) is 4.84 Å². The molecule has 0 bridgehead atoms. The van der Waals surface area contributed by atoms with Crippen LogP contribution in [0.15, 0.2) is 47.6 Å². The smallest absolute Gasteiger partial charge is 0.337 e. The molecule has 0 aliphatic heterocycles. The largest absolute Gasteiger partial charge is 0.478 e. The van der Waals surface area contributed by atoms with Gasteiger partial charge in [0.1, 0.15) is 12.8 Å². The zero-order valence-corrected chi connectivity index (χ0v) is 19.5. The molecule has 0 atom stereocenters. The number of nitrogens with zero attached hydrogens (tertiary/aromatic N) is 2. The van der Waals surface area contributed by atoms with Crippen LogP contribution in [0.25, 0.3) is 0 Å². The van der Waals surface area contributed by atoms with Crippen molar-refractivity contribution in [3.8, 4) is 0 Å². The summed E-state index contributed by atoms with van der Waals surface area (Å²) in [6.45, 7) is 11.2. The Hall–Kier alpha value is -3.15. The highest BCUT2D eigenvalue weighted by molar-refractivity contribution is 6.35. The summed E-state index contributed by atoms with van der Waals surface area (Å²) in [4.78, 5) is 31.7. The van der Waals surface area contributed by atoms with Gasteiger partial charge in [-0.1, -0.05) is 58.0 Å². The predicted molar refractivity (Wildman–Crippen MR) is 127 cm³/mol. The van der Waals surface area contributed by atoms with E-state index in [1.165, 1.54) is 22.1 Å². The summed E-state index contributed by atoms with van der Waals surface area (Å²) in [5, 5.41) is 13.5. The Labute approximate surface area is 189 Å². The second-order valence-electron chi connectivity index (χ2n) is 9.56. The Morgan fingerprint density at radius 2 is 1.72 bits per heavy atom. The minimum Gasteiger partial charge on any atom is -0.478 e. The maximum Gasteiger partial charge on any atom is 0.337 e. The molecule has 1 aliphatic carbocycles. The molecule has 0 saturated heterocycles. The Kier molecular flexibility index (Phi) is 6.72. The van der Waals surface area contributed by atoms with E-state index >= 15 is 0 Å². The highest BCUT2D eigenvalue weighted by atomic mass is 16.6. The highest BCUT2D eigenvalue weighted by Crippen LogP contribution is 2.47. The van der Waals surface area contributed by atoms with E-state index in [2.05, 4.69) is 38.9 Å². The zero-order chi connectivity index (χ0) is 23.5. The van der Waals surface area contributed by atoms with E-state index in [0.29, 0.717) is 18.0 Å². The van der Waals surface area contributed by atoms with Crippen molar-refractivity contribution in [2.45, 2.75) is 64.7 Å². The molecule has 0 saturated carbocycles. The molecule has 0 fully saturated rings. The van der Waals surface area contributed by atoms with E-state index in [1.54, 1.807) is 18.2 Å². The van der Waals surface area contributed by atoms with Gasteiger partial charge in [-0.3, -0.25) is 9.69 Å². The van der Waals surface area contributed by atoms with Crippen LogP contribution in [0.4, 0.5) is 11.4 Å². The third kappa shape index (κ3) is 4.69. The number of hydrogen-bond acceptors (Lipinski definition) is 4. The molecule has 2 aromatic rings. The van der Waals surface area contributed by atoms with Crippen molar-refractivity contribution in [1.82, 2.24) is 0 Å². The quantitative estimate of drug-likeness (QED) is 0.337.